The number of rotatable bonds is 4. The molecule has 0 saturated carbocycles. The zero-order valence-electron chi connectivity index (χ0n) is 10.4. The second-order valence-electron chi connectivity index (χ2n) is 4.39. The highest BCUT2D eigenvalue weighted by Gasteiger charge is 2.15. The first kappa shape index (κ1) is 13.3. The molecule has 3 N–H and O–H groups in total. The second-order valence-corrected chi connectivity index (χ2v) is 4.74. The number of halogens is 1. The molecule has 0 aliphatic carbocycles. The van der Waals surface area contributed by atoms with Crippen molar-refractivity contribution in [1.29, 1.82) is 0 Å². The van der Waals surface area contributed by atoms with Crippen molar-refractivity contribution >= 4 is 23.1 Å². The summed E-state index contributed by atoms with van der Waals surface area (Å²) in [5.41, 5.74) is 6.21. The Balaban J connectivity index is 1.90. The van der Waals surface area contributed by atoms with Crippen molar-refractivity contribution < 1.29 is 4.74 Å². The van der Waals surface area contributed by atoms with Crippen molar-refractivity contribution in [3.8, 4) is 0 Å². The predicted octanol–water partition coefficient (Wildman–Crippen LogP) is 0.845. The third-order valence-corrected chi connectivity index (χ3v) is 3.16. The normalized spacial score (nSPS) is 18.6. The topological polar surface area (TPSA) is 76.3 Å². The van der Waals surface area contributed by atoms with E-state index in [1.54, 1.807) is 0 Å². The smallest absolute Gasteiger partial charge is 0.157 e. The van der Waals surface area contributed by atoms with Gasteiger partial charge in [0.05, 0.1) is 13.2 Å². The number of morpholine rings is 1. The van der Waals surface area contributed by atoms with Gasteiger partial charge in [-0.15, -0.1) is 0 Å². The molecule has 1 fully saturated rings. The Hall–Kier alpha value is -1.11. The van der Waals surface area contributed by atoms with Gasteiger partial charge in [0.15, 0.2) is 11.0 Å². The molecular formula is C11H18ClN5O. The second kappa shape index (κ2) is 6.17. The third-order valence-electron chi connectivity index (χ3n) is 2.85. The number of ether oxygens (including phenoxy) is 1. The third kappa shape index (κ3) is 3.44. The number of nitrogens with one attached hydrogen (secondary N) is 1. The summed E-state index contributed by atoms with van der Waals surface area (Å²) >= 11 is 5.85. The van der Waals surface area contributed by atoms with Gasteiger partial charge in [-0.25, -0.2) is 9.97 Å². The Morgan fingerprint density at radius 3 is 2.94 bits per heavy atom. The predicted molar refractivity (Wildman–Crippen MR) is 71.8 cm³/mol. The van der Waals surface area contributed by atoms with Crippen LogP contribution in [0, 0.1) is 0 Å². The molecule has 1 saturated heterocycles. The lowest BCUT2D eigenvalue weighted by Crippen LogP contribution is -2.42. The molecule has 2 rings (SSSR count). The van der Waals surface area contributed by atoms with Gasteiger partial charge in [0.2, 0.25) is 0 Å². The van der Waals surface area contributed by atoms with E-state index in [4.69, 9.17) is 22.1 Å². The lowest BCUT2D eigenvalue weighted by Gasteiger charge is -2.29. The van der Waals surface area contributed by atoms with Crippen LogP contribution in [0.3, 0.4) is 0 Å². The van der Waals surface area contributed by atoms with Gasteiger partial charge in [-0.3, -0.25) is 4.90 Å². The molecule has 18 heavy (non-hydrogen) atoms. The molecule has 1 aromatic heterocycles. The highest BCUT2D eigenvalue weighted by molar-refractivity contribution is 6.32. The van der Waals surface area contributed by atoms with E-state index < -0.39 is 0 Å². The van der Waals surface area contributed by atoms with Crippen LogP contribution in [0.2, 0.25) is 5.15 Å². The van der Waals surface area contributed by atoms with Crippen molar-refractivity contribution in [1.82, 2.24) is 14.9 Å². The maximum Gasteiger partial charge on any atom is 0.157 e. The fourth-order valence-corrected chi connectivity index (χ4v) is 2.07. The lowest BCUT2D eigenvalue weighted by atomic mass is 10.3. The molecule has 7 heteroatoms. The average molecular weight is 272 g/mol. The van der Waals surface area contributed by atoms with Crippen molar-refractivity contribution in [2.75, 3.05) is 43.9 Å². The fourth-order valence-electron chi connectivity index (χ4n) is 1.94. The van der Waals surface area contributed by atoms with Gasteiger partial charge < -0.3 is 15.8 Å². The summed E-state index contributed by atoms with van der Waals surface area (Å²) in [4.78, 5) is 10.3. The number of hydrogen-bond donors (Lipinski definition) is 2. The Morgan fingerprint density at radius 1 is 1.50 bits per heavy atom. The molecule has 1 atom stereocenters. The molecule has 100 valence electrons. The summed E-state index contributed by atoms with van der Waals surface area (Å²) in [6.45, 7) is 6.54. The molecule has 0 aromatic carbocycles. The van der Waals surface area contributed by atoms with E-state index in [2.05, 4.69) is 27.1 Å². The Labute approximate surface area is 111 Å². The summed E-state index contributed by atoms with van der Waals surface area (Å²) in [7, 11) is 0. The van der Waals surface area contributed by atoms with Crippen LogP contribution in [0.1, 0.15) is 6.92 Å². The van der Waals surface area contributed by atoms with Crippen molar-refractivity contribution in [2.45, 2.75) is 13.0 Å². The maximum atomic E-state index is 5.85. The van der Waals surface area contributed by atoms with Crippen LogP contribution in [0.15, 0.2) is 6.33 Å². The quantitative estimate of drug-likeness (QED) is 0.791. The number of nitrogens with two attached hydrogens (primary N) is 1. The molecule has 0 amide bonds. The summed E-state index contributed by atoms with van der Waals surface area (Å²) in [6.07, 6.45) is 1.41. The van der Waals surface area contributed by atoms with E-state index in [1.807, 2.05) is 0 Å². The molecule has 0 radical (unpaired) electrons. The maximum absolute atomic E-state index is 5.85. The highest BCUT2D eigenvalue weighted by atomic mass is 35.5. The summed E-state index contributed by atoms with van der Waals surface area (Å²) in [6, 6.07) is 0.233. The van der Waals surface area contributed by atoms with Crippen LogP contribution in [0.5, 0.6) is 0 Å². The van der Waals surface area contributed by atoms with Crippen LogP contribution in [-0.4, -0.2) is 53.8 Å². The fraction of sp³-hybridized carbons (Fsp3) is 0.636. The first-order valence-electron chi connectivity index (χ1n) is 5.99. The monoisotopic (exact) mass is 271 g/mol. The molecule has 2 heterocycles. The van der Waals surface area contributed by atoms with Crippen molar-refractivity contribution in [2.24, 2.45) is 0 Å². The molecule has 0 bridgehead atoms. The summed E-state index contributed by atoms with van der Waals surface area (Å²) < 4.78 is 5.31. The van der Waals surface area contributed by atoms with E-state index in [0.717, 1.165) is 32.8 Å². The minimum atomic E-state index is 0.233. The minimum Gasteiger partial charge on any atom is -0.393 e. The molecule has 6 nitrogen and oxygen atoms in total. The van der Waals surface area contributed by atoms with Crippen LogP contribution >= 0.6 is 11.6 Å². The Bertz CT molecular complexity index is 397. The van der Waals surface area contributed by atoms with E-state index in [-0.39, 0.29) is 11.2 Å². The highest BCUT2D eigenvalue weighted by Crippen LogP contribution is 2.22. The first-order valence-corrected chi connectivity index (χ1v) is 6.37. The molecule has 0 spiro atoms. The molecule has 1 aliphatic rings. The molecular weight excluding hydrogens is 254 g/mol. The van der Waals surface area contributed by atoms with Crippen molar-refractivity contribution in [3.63, 3.8) is 0 Å². The number of nitrogens with zero attached hydrogens (tertiary/aromatic N) is 3. The number of aromatic nitrogens is 2. The molecule has 1 aromatic rings. The number of nitrogen functional groups attached to an aromatic ring is 1. The zero-order chi connectivity index (χ0) is 13.0. The van der Waals surface area contributed by atoms with Gasteiger partial charge in [0.1, 0.15) is 12.0 Å². The van der Waals surface area contributed by atoms with Crippen LogP contribution in [-0.2, 0) is 4.74 Å². The van der Waals surface area contributed by atoms with E-state index in [9.17, 15) is 0 Å². The average Bonchev–Trinajstić information content (AvgIpc) is 2.36. The van der Waals surface area contributed by atoms with E-state index >= 15 is 0 Å². The largest absolute Gasteiger partial charge is 0.393 e. The first-order chi connectivity index (χ1) is 8.66. The number of hydrogen-bond acceptors (Lipinski definition) is 6. The van der Waals surface area contributed by atoms with E-state index in [1.165, 1.54) is 6.33 Å². The molecule has 1 aliphatic heterocycles. The van der Waals surface area contributed by atoms with Gasteiger partial charge in [0.25, 0.3) is 0 Å². The van der Waals surface area contributed by atoms with Crippen molar-refractivity contribution in [3.05, 3.63) is 11.5 Å². The summed E-state index contributed by atoms with van der Waals surface area (Å²) in [5, 5.41) is 3.54. The van der Waals surface area contributed by atoms with Gasteiger partial charge in [0, 0.05) is 25.7 Å². The van der Waals surface area contributed by atoms with Gasteiger partial charge in [-0.2, -0.15) is 0 Å². The molecule has 1 unspecified atom stereocenters. The van der Waals surface area contributed by atoms with Gasteiger partial charge >= 0.3 is 0 Å². The zero-order valence-corrected chi connectivity index (χ0v) is 11.2. The minimum absolute atomic E-state index is 0.233. The SMILES string of the molecule is CC(CN1CCOCC1)Nc1ncnc(Cl)c1N. The van der Waals surface area contributed by atoms with Crippen LogP contribution < -0.4 is 11.1 Å². The van der Waals surface area contributed by atoms with Gasteiger partial charge in [-0.05, 0) is 6.92 Å². The number of anilines is 2. The standard InChI is InChI=1S/C11H18ClN5O/c1-8(6-17-2-4-18-5-3-17)16-11-9(13)10(12)14-7-15-11/h7-8H,2-6,13H2,1H3,(H,14,15,16). The summed E-state index contributed by atoms with van der Waals surface area (Å²) in [5.74, 6) is 0.593. The van der Waals surface area contributed by atoms with Crippen LogP contribution in [0.4, 0.5) is 11.5 Å². The Morgan fingerprint density at radius 2 is 2.22 bits per heavy atom. The Kier molecular flexibility index (Phi) is 4.57. The van der Waals surface area contributed by atoms with Gasteiger partial charge in [-0.1, -0.05) is 11.6 Å². The lowest BCUT2D eigenvalue weighted by molar-refractivity contribution is 0.0368. The van der Waals surface area contributed by atoms with Crippen LogP contribution in [0.25, 0.3) is 0 Å². The van der Waals surface area contributed by atoms with E-state index in [0.29, 0.717) is 11.5 Å².